The number of nitrogens with zero attached hydrogens (tertiary/aromatic N) is 3. The molecule has 27 heavy (non-hydrogen) atoms. The first-order chi connectivity index (χ1) is 12.8. The Balaban J connectivity index is 0.00000261. The van der Waals surface area contributed by atoms with Gasteiger partial charge in [-0.15, -0.1) is 24.0 Å². The quantitative estimate of drug-likeness (QED) is 0.276. The molecule has 146 valence electrons. The highest BCUT2D eigenvalue weighted by molar-refractivity contribution is 14.0. The van der Waals surface area contributed by atoms with Crippen LogP contribution >= 0.6 is 24.0 Å². The van der Waals surface area contributed by atoms with Crippen molar-refractivity contribution in [2.45, 2.75) is 19.4 Å². The molecule has 2 N–H and O–H groups in total. The monoisotopic (exact) mass is 481 g/mol. The van der Waals surface area contributed by atoms with Crippen LogP contribution in [0, 0.1) is 0 Å². The molecule has 1 aliphatic rings. The van der Waals surface area contributed by atoms with Crippen LogP contribution in [0.25, 0.3) is 0 Å². The van der Waals surface area contributed by atoms with Gasteiger partial charge in [0, 0.05) is 32.9 Å². The van der Waals surface area contributed by atoms with E-state index in [-0.39, 0.29) is 24.0 Å². The maximum atomic E-state index is 5.67. The third kappa shape index (κ3) is 6.89. The van der Waals surface area contributed by atoms with Gasteiger partial charge in [0.05, 0.1) is 6.54 Å². The molecule has 0 unspecified atom stereocenters. The van der Waals surface area contributed by atoms with Crippen molar-refractivity contribution < 1.29 is 4.74 Å². The molecule has 2 heterocycles. The van der Waals surface area contributed by atoms with Crippen LogP contribution in [-0.2, 0) is 6.54 Å². The van der Waals surface area contributed by atoms with Gasteiger partial charge in [-0.3, -0.25) is 4.99 Å². The second kappa shape index (κ2) is 11.6. The molecular weight excluding hydrogens is 453 g/mol. The highest BCUT2D eigenvalue weighted by atomic mass is 127. The summed E-state index contributed by atoms with van der Waals surface area (Å²) in [6.45, 7) is 4.18. The molecule has 6 nitrogen and oxygen atoms in total. The van der Waals surface area contributed by atoms with Crippen LogP contribution in [0.3, 0.4) is 0 Å². The van der Waals surface area contributed by atoms with Crippen LogP contribution in [0.4, 0.5) is 5.82 Å². The third-order valence-corrected chi connectivity index (χ3v) is 4.33. The Morgan fingerprint density at radius 3 is 2.56 bits per heavy atom. The third-order valence-electron chi connectivity index (χ3n) is 4.33. The molecule has 1 saturated heterocycles. The molecule has 0 spiro atoms. The van der Waals surface area contributed by atoms with E-state index in [4.69, 9.17) is 4.74 Å². The maximum absolute atomic E-state index is 5.67. The van der Waals surface area contributed by atoms with Crippen molar-refractivity contribution in [3.05, 3.63) is 54.2 Å². The Kier molecular flexibility index (Phi) is 9.17. The lowest BCUT2D eigenvalue weighted by molar-refractivity contribution is 0.322. The summed E-state index contributed by atoms with van der Waals surface area (Å²) in [6, 6.07) is 14.0. The van der Waals surface area contributed by atoms with Crippen LogP contribution in [0.2, 0.25) is 0 Å². The number of anilines is 1. The molecule has 0 radical (unpaired) electrons. The number of halogens is 1. The molecule has 1 aromatic heterocycles. The number of hydrogen-bond donors (Lipinski definition) is 2. The Bertz CT molecular complexity index is 687. The second-order valence-corrected chi connectivity index (χ2v) is 6.23. The lowest BCUT2D eigenvalue weighted by Gasteiger charge is -2.16. The highest BCUT2D eigenvalue weighted by Gasteiger charge is 2.12. The van der Waals surface area contributed by atoms with Gasteiger partial charge in [0.1, 0.15) is 18.2 Å². The number of rotatable bonds is 7. The number of aromatic nitrogens is 1. The van der Waals surface area contributed by atoms with Crippen molar-refractivity contribution in [2.75, 3.05) is 38.2 Å². The zero-order valence-electron chi connectivity index (χ0n) is 15.7. The van der Waals surface area contributed by atoms with E-state index in [1.54, 1.807) is 7.05 Å². The summed E-state index contributed by atoms with van der Waals surface area (Å²) >= 11 is 0. The topological polar surface area (TPSA) is 61.8 Å². The first-order valence-electron chi connectivity index (χ1n) is 9.17. The van der Waals surface area contributed by atoms with Crippen LogP contribution in [-0.4, -0.2) is 44.2 Å². The van der Waals surface area contributed by atoms with Crippen molar-refractivity contribution >= 4 is 35.8 Å². The van der Waals surface area contributed by atoms with Gasteiger partial charge in [-0.25, -0.2) is 4.98 Å². The molecule has 1 aromatic carbocycles. The van der Waals surface area contributed by atoms with Gasteiger partial charge >= 0.3 is 0 Å². The van der Waals surface area contributed by atoms with Gasteiger partial charge in [0.2, 0.25) is 0 Å². The fraction of sp³-hybridized carbons (Fsp3) is 0.400. The smallest absolute Gasteiger partial charge is 0.191 e. The average molecular weight is 481 g/mol. The molecule has 3 rings (SSSR count). The first kappa shape index (κ1) is 21.3. The minimum Gasteiger partial charge on any atom is -0.492 e. The van der Waals surface area contributed by atoms with Gasteiger partial charge in [0.15, 0.2) is 5.96 Å². The molecule has 0 atom stereocenters. The van der Waals surface area contributed by atoms with E-state index in [2.05, 4.69) is 37.6 Å². The maximum Gasteiger partial charge on any atom is 0.191 e. The molecule has 0 amide bonds. The highest BCUT2D eigenvalue weighted by Crippen LogP contribution is 2.17. The number of ether oxygens (including phenoxy) is 1. The first-order valence-corrected chi connectivity index (χ1v) is 9.17. The molecular formula is C20H28IN5O. The van der Waals surface area contributed by atoms with Crippen LogP contribution in [0.15, 0.2) is 53.7 Å². The molecule has 1 aliphatic heterocycles. The summed E-state index contributed by atoms with van der Waals surface area (Å²) in [5.41, 5.74) is 1.14. The summed E-state index contributed by atoms with van der Waals surface area (Å²) in [6.07, 6.45) is 4.47. The summed E-state index contributed by atoms with van der Waals surface area (Å²) in [5, 5.41) is 6.55. The lowest BCUT2D eigenvalue weighted by Crippen LogP contribution is -2.38. The van der Waals surface area contributed by atoms with Gasteiger partial charge in [-0.05, 0) is 36.6 Å². The van der Waals surface area contributed by atoms with Gasteiger partial charge < -0.3 is 20.3 Å². The normalized spacial score (nSPS) is 13.8. The van der Waals surface area contributed by atoms with Gasteiger partial charge in [-0.2, -0.15) is 0 Å². The predicted molar refractivity (Wildman–Crippen MR) is 121 cm³/mol. The minimum absolute atomic E-state index is 0. The predicted octanol–water partition coefficient (Wildman–Crippen LogP) is 3.04. The number of benzene rings is 1. The lowest BCUT2D eigenvalue weighted by atomic mass is 10.3. The number of hydrogen-bond acceptors (Lipinski definition) is 4. The average Bonchev–Trinajstić information content (AvgIpc) is 3.23. The van der Waals surface area contributed by atoms with E-state index in [9.17, 15) is 0 Å². The van der Waals surface area contributed by atoms with E-state index in [1.165, 1.54) is 12.8 Å². The van der Waals surface area contributed by atoms with Gasteiger partial charge in [0.25, 0.3) is 0 Å². The zero-order valence-corrected chi connectivity index (χ0v) is 18.1. The van der Waals surface area contributed by atoms with Crippen molar-refractivity contribution in [3.63, 3.8) is 0 Å². The minimum atomic E-state index is 0. The second-order valence-electron chi connectivity index (χ2n) is 6.23. The number of para-hydroxylation sites is 1. The summed E-state index contributed by atoms with van der Waals surface area (Å²) < 4.78 is 5.67. The molecule has 1 fully saturated rings. The summed E-state index contributed by atoms with van der Waals surface area (Å²) in [7, 11) is 1.77. The Morgan fingerprint density at radius 2 is 1.89 bits per heavy atom. The zero-order chi connectivity index (χ0) is 18.0. The van der Waals surface area contributed by atoms with Crippen LogP contribution in [0.1, 0.15) is 18.4 Å². The molecule has 0 saturated carbocycles. The van der Waals surface area contributed by atoms with E-state index in [0.29, 0.717) is 19.7 Å². The van der Waals surface area contributed by atoms with E-state index < -0.39 is 0 Å². The number of guanidine groups is 1. The fourth-order valence-corrected chi connectivity index (χ4v) is 2.92. The molecule has 7 heteroatoms. The largest absolute Gasteiger partial charge is 0.492 e. The standard InChI is InChI=1S/C20H27N5O.HI/c1-21-20(22-11-14-26-18-7-3-2-4-8-18)24-16-17-9-10-19(23-15-17)25-12-5-6-13-25;/h2-4,7-10,15H,5-6,11-14,16H2,1H3,(H2,21,22,24);1H. The van der Waals surface area contributed by atoms with Crippen molar-refractivity contribution in [1.29, 1.82) is 0 Å². The molecule has 2 aromatic rings. The van der Waals surface area contributed by atoms with Crippen molar-refractivity contribution in [3.8, 4) is 5.75 Å². The van der Waals surface area contributed by atoms with E-state index in [0.717, 1.165) is 36.2 Å². The summed E-state index contributed by atoms with van der Waals surface area (Å²) in [4.78, 5) is 11.2. The molecule has 0 bridgehead atoms. The Hall–Kier alpha value is -2.03. The Morgan fingerprint density at radius 1 is 1.11 bits per heavy atom. The number of nitrogens with one attached hydrogen (secondary N) is 2. The Labute approximate surface area is 178 Å². The van der Waals surface area contributed by atoms with E-state index >= 15 is 0 Å². The van der Waals surface area contributed by atoms with Crippen molar-refractivity contribution in [1.82, 2.24) is 15.6 Å². The summed E-state index contributed by atoms with van der Waals surface area (Å²) in [5.74, 6) is 2.71. The number of pyridine rings is 1. The SMILES string of the molecule is CN=C(NCCOc1ccccc1)NCc1ccc(N2CCCC2)nc1.I. The number of aliphatic imine (C=N–C) groups is 1. The van der Waals surface area contributed by atoms with Gasteiger partial charge in [-0.1, -0.05) is 24.3 Å². The van der Waals surface area contributed by atoms with Crippen LogP contribution in [0.5, 0.6) is 5.75 Å². The van der Waals surface area contributed by atoms with E-state index in [1.807, 2.05) is 36.5 Å². The van der Waals surface area contributed by atoms with Crippen molar-refractivity contribution in [2.24, 2.45) is 4.99 Å². The fourth-order valence-electron chi connectivity index (χ4n) is 2.92. The molecule has 0 aliphatic carbocycles. The van der Waals surface area contributed by atoms with Crippen LogP contribution < -0.4 is 20.3 Å².